The number of imidazole rings is 1. The Labute approximate surface area is 252 Å². The van der Waals surface area contributed by atoms with Crippen molar-refractivity contribution in [1.82, 2.24) is 24.3 Å². The zero-order valence-corrected chi connectivity index (χ0v) is 25.2. The quantitative estimate of drug-likeness (QED) is 0.290. The standard InChI is InChI=1S/C27H29Cl2N7O2S.ClH/c1-15-26(34-19(13-37)24(31-15)35-10-7-27(8-11-35)14-38-16(2)23(27)30)39-20-6-9-36-12-18(33-25(36)22(20)29)17-4-3-5-21(28)32-17;/h3-6,9,12,16,23,37H,7-8,10-11,13-14,30H2,1-2H3;1H/t16-,23+;/m0./s1. The number of hydrogen-bond donors (Lipinski definition) is 2. The van der Waals surface area contributed by atoms with Gasteiger partial charge in [-0.2, -0.15) is 0 Å². The minimum Gasteiger partial charge on any atom is -0.390 e. The highest BCUT2D eigenvalue weighted by Crippen LogP contribution is 2.43. The fraction of sp³-hybridized carbons (Fsp3) is 0.407. The first-order chi connectivity index (χ1) is 18.8. The van der Waals surface area contributed by atoms with E-state index in [1.807, 2.05) is 48.8 Å². The van der Waals surface area contributed by atoms with Crippen LogP contribution in [0.1, 0.15) is 31.2 Å². The number of rotatable bonds is 5. The Morgan fingerprint density at radius 3 is 2.58 bits per heavy atom. The Morgan fingerprint density at radius 2 is 1.90 bits per heavy atom. The second-order valence-corrected chi connectivity index (χ2v) is 12.0. The largest absolute Gasteiger partial charge is 0.390 e. The Bertz CT molecular complexity index is 1540. The van der Waals surface area contributed by atoms with Gasteiger partial charge >= 0.3 is 0 Å². The molecule has 13 heteroatoms. The van der Waals surface area contributed by atoms with Gasteiger partial charge in [-0.1, -0.05) is 41.0 Å². The fourth-order valence-electron chi connectivity index (χ4n) is 5.48. The summed E-state index contributed by atoms with van der Waals surface area (Å²) in [4.78, 5) is 21.7. The van der Waals surface area contributed by atoms with Crippen LogP contribution in [0.4, 0.5) is 5.82 Å². The Hall–Kier alpha value is -2.18. The molecule has 6 rings (SSSR count). The maximum atomic E-state index is 10.2. The van der Waals surface area contributed by atoms with Crippen LogP contribution in [0.5, 0.6) is 0 Å². The molecular weight excluding hydrogens is 593 g/mol. The van der Waals surface area contributed by atoms with Crippen LogP contribution in [0, 0.1) is 12.3 Å². The summed E-state index contributed by atoms with van der Waals surface area (Å²) in [5.41, 5.74) is 9.77. The van der Waals surface area contributed by atoms with E-state index in [9.17, 15) is 5.11 Å². The highest BCUT2D eigenvalue weighted by atomic mass is 35.5. The molecule has 0 bridgehead atoms. The van der Waals surface area contributed by atoms with E-state index in [1.165, 1.54) is 11.8 Å². The van der Waals surface area contributed by atoms with Gasteiger partial charge in [0.25, 0.3) is 0 Å². The number of pyridine rings is 2. The fourth-order valence-corrected chi connectivity index (χ4v) is 6.83. The lowest BCUT2D eigenvalue weighted by Crippen LogP contribution is -2.51. The van der Waals surface area contributed by atoms with Gasteiger partial charge in [-0.3, -0.25) is 0 Å². The van der Waals surface area contributed by atoms with E-state index >= 15 is 0 Å². The van der Waals surface area contributed by atoms with Gasteiger partial charge in [0.2, 0.25) is 0 Å². The summed E-state index contributed by atoms with van der Waals surface area (Å²) in [6.45, 7) is 6.06. The monoisotopic (exact) mass is 621 g/mol. The molecule has 2 aliphatic heterocycles. The van der Waals surface area contributed by atoms with Gasteiger partial charge in [-0.05, 0) is 44.9 Å². The van der Waals surface area contributed by atoms with E-state index in [0.29, 0.717) is 44.5 Å². The Kier molecular flexibility index (Phi) is 8.50. The second-order valence-electron chi connectivity index (χ2n) is 10.2. The van der Waals surface area contributed by atoms with Crippen molar-refractivity contribution in [3.05, 3.63) is 58.2 Å². The van der Waals surface area contributed by atoms with Gasteiger partial charge in [0.15, 0.2) is 11.5 Å². The molecule has 0 unspecified atom stereocenters. The van der Waals surface area contributed by atoms with Crippen LogP contribution < -0.4 is 10.6 Å². The number of aromatic nitrogens is 5. The lowest BCUT2D eigenvalue weighted by atomic mass is 9.73. The predicted molar refractivity (Wildman–Crippen MR) is 160 cm³/mol. The maximum absolute atomic E-state index is 10.2. The molecule has 6 heterocycles. The summed E-state index contributed by atoms with van der Waals surface area (Å²) in [5.74, 6) is 0.725. The maximum Gasteiger partial charge on any atom is 0.157 e. The average Bonchev–Trinajstić information content (AvgIpc) is 3.50. The van der Waals surface area contributed by atoms with Gasteiger partial charge in [0.05, 0.1) is 35.7 Å². The van der Waals surface area contributed by atoms with Crippen LogP contribution in [-0.2, 0) is 11.3 Å². The van der Waals surface area contributed by atoms with Crippen molar-refractivity contribution >= 4 is 58.8 Å². The first-order valence-electron chi connectivity index (χ1n) is 12.9. The number of aliphatic hydroxyl groups is 1. The molecule has 4 aromatic rings. The average molecular weight is 623 g/mol. The molecule has 2 atom stereocenters. The van der Waals surface area contributed by atoms with Crippen molar-refractivity contribution in [2.75, 3.05) is 24.6 Å². The normalized spacial score (nSPS) is 20.3. The number of anilines is 1. The van der Waals surface area contributed by atoms with Crippen LogP contribution >= 0.6 is 47.4 Å². The summed E-state index contributed by atoms with van der Waals surface area (Å²) in [5, 5.41) is 11.8. The van der Waals surface area contributed by atoms with Crippen LogP contribution in [0.2, 0.25) is 10.2 Å². The van der Waals surface area contributed by atoms with Gasteiger partial charge in [-0.25, -0.2) is 19.9 Å². The van der Waals surface area contributed by atoms with E-state index in [0.717, 1.165) is 42.3 Å². The van der Waals surface area contributed by atoms with Crippen molar-refractivity contribution in [3.63, 3.8) is 0 Å². The van der Waals surface area contributed by atoms with Crippen LogP contribution in [-0.4, -0.2) is 61.3 Å². The highest BCUT2D eigenvalue weighted by Gasteiger charge is 2.47. The number of halogens is 3. The molecule has 2 aliphatic rings. The van der Waals surface area contributed by atoms with Gasteiger partial charge in [0.1, 0.15) is 21.6 Å². The third-order valence-electron chi connectivity index (χ3n) is 7.85. The van der Waals surface area contributed by atoms with Crippen LogP contribution in [0.3, 0.4) is 0 Å². The number of hydrogen-bond acceptors (Lipinski definition) is 9. The number of ether oxygens (including phenoxy) is 1. The molecule has 0 aromatic carbocycles. The van der Waals surface area contributed by atoms with E-state index in [4.69, 9.17) is 48.6 Å². The lowest BCUT2D eigenvalue weighted by Gasteiger charge is -2.42. The molecule has 3 N–H and O–H groups in total. The number of nitrogens with zero attached hydrogens (tertiary/aromatic N) is 6. The zero-order chi connectivity index (χ0) is 27.3. The second kappa shape index (κ2) is 11.6. The molecule has 2 saturated heterocycles. The number of nitrogens with two attached hydrogens (primary N) is 1. The van der Waals surface area contributed by atoms with Crippen LogP contribution in [0.25, 0.3) is 17.0 Å². The van der Waals surface area contributed by atoms with E-state index in [2.05, 4.69) is 9.88 Å². The molecule has 0 aliphatic carbocycles. The topological polar surface area (TPSA) is 115 Å². The number of piperidine rings is 1. The molecule has 4 aromatic heterocycles. The summed E-state index contributed by atoms with van der Waals surface area (Å²) >= 11 is 14.3. The highest BCUT2D eigenvalue weighted by molar-refractivity contribution is 7.99. The molecule has 212 valence electrons. The Balaban J connectivity index is 0.00000323. The summed E-state index contributed by atoms with van der Waals surface area (Å²) < 4.78 is 7.72. The molecule has 9 nitrogen and oxygen atoms in total. The minimum absolute atomic E-state index is 0. The lowest BCUT2D eigenvalue weighted by molar-refractivity contribution is 0.0973. The van der Waals surface area contributed by atoms with Gasteiger partial charge in [0, 0.05) is 41.8 Å². The number of aryl methyl sites for hydroxylation is 1. The Morgan fingerprint density at radius 1 is 1.12 bits per heavy atom. The van der Waals surface area contributed by atoms with Crippen molar-refractivity contribution < 1.29 is 9.84 Å². The summed E-state index contributed by atoms with van der Waals surface area (Å²) in [6, 6.07) is 7.37. The summed E-state index contributed by atoms with van der Waals surface area (Å²) in [7, 11) is 0. The number of fused-ring (bicyclic) bond motifs is 1. The predicted octanol–water partition coefficient (Wildman–Crippen LogP) is 5.20. The van der Waals surface area contributed by atoms with E-state index in [1.54, 1.807) is 6.07 Å². The minimum atomic E-state index is -0.208. The number of aliphatic hydroxyl groups excluding tert-OH is 1. The molecule has 0 radical (unpaired) electrons. The molecule has 40 heavy (non-hydrogen) atoms. The van der Waals surface area contributed by atoms with E-state index < -0.39 is 0 Å². The summed E-state index contributed by atoms with van der Waals surface area (Å²) in [6.07, 6.45) is 5.69. The van der Waals surface area contributed by atoms with Crippen molar-refractivity contribution in [2.24, 2.45) is 11.1 Å². The van der Waals surface area contributed by atoms with Crippen molar-refractivity contribution in [2.45, 2.75) is 55.4 Å². The molecule has 2 fully saturated rings. The third kappa shape index (κ3) is 5.27. The third-order valence-corrected chi connectivity index (χ3v) is 9.68. The van der Waals surface area contributed by atoms with Crippen molar-refractivity contribution in [3.8, 4) is 11.4 Å². The zero-order valence-electron chi connectivity index (χ0n) is 22.0. The molecule has 0 saturated carbocycles. The first-order valence-corrected chi connectivity index (χ1v) is 14.4. The SMILES string of the molecule is Cc1nc(N2CCC3(CC2)CO[C@@H](C)[C@H]3N)c(CO)nc1Sc1ccn2cc(-c3cccc(Cl)n3)nc2c1Cl.Cl. The molecule has 0 amide bonds. The molecule has 1 spiro atoms. The smallest absolute Gasteiger partial charge is 0.157 e. The van der Waals surface area contributed by atoms with Crippen molar-refractivity contribution in [1.29, 1.82) is 0 Å². The van der Waals surface area contributed by atoms with E-state index in [-0.39, 0.29) is 36.6 Å². The molecular formula is C27H30Cl3N7O2S. The first kappa shape index (κ1) is 29.3. The van der Waals surface area contributed by atoms with Gasteiger partial charge < -0.3 is 24.9 Å². The van der Waals surface area contributed by atoms with Crippen LogP contribution in [0.15, 0.2) is 46.6 Å². The van der Waals surface area contributed by atoms with Gasteiger partial charge in [-0.15, -0.1) is 12.4 Å².